The van der Waals surface area contributed by atoms with E-state index in [2.05, 4.69) is 10.3 Å². The lowest BCUT2D eigenvalue weighted by atomic mass is 9.86. The maximum atomic E-state index is 14.0. The first-order valence-electron chi connectivity index (χ1n) is 13.9. The van der Waals surface area contributed by atoms with Gasteiger partial charge in [-0.15, -0.1) is 0 Å². The summed E-state index contributed by atoms with van der Waals surface area (Å²) in [5, 5.41) is 3.06. The van der Waals surface area contributed by atoms with E-state index < -0.39 is 29.1 Å². The van der Waals surface area contributed by atoms with Gasteiger partial charge in [0.25, 0.3) is 0 Å². The zero-order chi connectivity index (χ0) is 29.5. The summed E-state index contributed by atoms with van der Waals surface area (Å²) < 4.78 is 10.7. The molecule has 3 unspecified atom stereocenters. The summed E-state index contributed by atoms with van der Waals surface area (Å²) in [6.07, 6.45) is 4.18. The highest BCUT2D eigenvalue weighted by molar-refractivity contribution is 5.88. The van der Waals surface area contributed by atoms with Crippen molar-refractivity contribution in [1.82, 2.24) is 15.1 Å². The molecule has 1 aromatic heterocycles. The lowest BCUT2D eigenvalue weighted by Crippen LogP contribution is -2.55. The predicted molar refractivity (Wildman–Crippen MR) is 154 cm³/mol. The molecule has 3 rings (SSSR count). The number of carbonyl (C=O) groups is 3. The average molecular weight is 553 g/mol. The van der Waals surface area contributed by atoms with Crippen molar-refractivity contribution in [3.63, 3.8) is 0 Å². The molecular formula is C31H44N4O5. The van der Waals surface area contributed by atoms with Crippen LogP contribution >= 0.6 is 0 Å². The van der Waals surface area contributed by atoms with E-state index in [0.717, 1.165) is 5.56 Å². The van der Waals surface area contributed by atoms with Crippen molar-refractivity contribution in [3.05, 3.63) is 60.1 Å². The Hall–Kier alpha value is -3.62. The molecule has 2 aromatic rings. The molecule has 1 N–H and O–H groups in total. The van der Waals surface area contributed by atoms with Gasteiger partial charge in [0.1, 0.15) is 11.8 Å². The third-order valence-electron chi connectivity index (χ3n) is 7.16. The normalized spacial score (nSPS) is 19.5. The van der Waals surface area contributed by atoms with Crippen LogP contribution in [0.4, 0.5) is 0 Å². The SMILES string of the molecule is COC(=O)C1N=CN(Cc2ccccc2)C1(C)CCC(=O)N(Cc1ccco1)C(CC(C)C)C(=O)NC(C)(C)C. The Labute approximate surface area is 238 Å². The minimum absolute atomic E-state index is 0.108. The maximum absolute atomic E-state index is 14.0. The van der Waals surface area contributed by atoms with E-state index in [9.17, 15) is 14.4 Å². The second kappa shape index (κ2) is 13.2. The van der Waals surface area contributed by atoms with Crippen LogP contribution in [-0.2, 0) is 32.2 Å². The van der Waals surface area contributed by atoms with Crippen molar-refractivity contribution >= 4 is 24.1 Å². The zero-order valence-electron chi connectivity index (χ0n) is 24.8. The fourth-order valence-electron chi connectivity index (χ4n) is 5.03. The van der Waals surface area contributed by atoms with Crippen molar-refractivity contribution in [2.24, 2.45) is 10.9 Å². The number of aliphatic imine (C=N–C) groups is 1. The first kappa shape index (κ1) is 30.9. The second-order valence-electron chi connectivity index (χ2n) is 12.1. The van der Waals surface area contributed by atoms with Gasteiger partial charge < -0.3 is 24.3 Å². The second-order valence-corrected chi connectivity index (χ2v) is 12.1. The molecule has 1 aromatic carbocycles. The number of benzene rings is 1. The van der Waals surface area contributed by atoms with Crippen LogP contribution in [-0.4, -0.2) is 64.2 Å². The standard InChI is InChI=1S/C31H44N4O5/c1-22(2)18-25(28(37)33-30(3,4)5)35(20-24-14-11-17-40-24)26(36)15-16-31(6)27(29(38)39-7)32-21-34(31)19-23-12-9-8-10-13-23/h8-14,17,21-22,25,27H,15-16,18-20H2,1-7H3,(H,33,37). The Balaban J connectivity index is 1.88. The van der Waals surface area contributed by atoms with Crippen molar-refractivity contribution in [3.8, 4) is 0 Å². The molecule has 0 bridgehead atoms. The van der Waals surface area contributed by atoms with Crippen LogP contribution in [0, 0.1) is 5.92 Å². The Morgan fingerprint density at radius 3 is 2.42 bits per heavy atom. The number of furan rings is 1. The molecule has 40 heavy (non-hydrogen) atoms. The molecule has 218 valence electrons. The molecule has 0 radical (unpaired) electrons. The topological polar surface area (TPSA) is 104 Å². The number of carbonyl (C=O) groups excluding carboxylic acids is 3. The predicted octanol–water partition coefficient (Wildman–Crippen LogP) is 4.56. The molecule has 1 aliphatic heterocycles. The van der Waals surface area contributed by atoms with Crippen LogP contribution in [0.15, 0.2) is 58.1 Å². The third kappa shape index (κ3) is 7.96. The maximum Gasteiger partial charge on any atom is 0.333 e. The van der Waals surface area contributed by atoms with E-state index in [1.54, 1.807) is 29.6 Å². The number of rotatable bonds is 12. The summed E-state index contributed by atoms with van der Waals surface area (Å²) >= 11 is 0. The van der Waals surface area contributed by atoms with E-state index in [0.29, 0.717) is 25.1 Å². The minimum Gasteiger partial charge on any atom is -0.467 e. The highest BCUT2D eigenvalue weighted by atomic mass is 16.5. The van der Waals surface area contributed by atoms with Gasteiger partial charge in [0.05, 0.1) is 31.8 Å². The van der Waals surface area contributed by atoms with E-state index in [-0.39, 0.29) is 30.7 Å². The number of amides is 2. The molecule has 9 heteroatoms. The quantitative estimate of drug-likeness (QED) is 0.387. The van der Waals surface area contributed by atoms with Crippen LogP contribution < -0.4 is 5.32 Å². The number of nitrogens with one attached hydrogen (secondary N) is 1. The van der Waals surface area contributed by atoms with Gasteiger partial charge in [-0.1, -0.05) is 44.2 Å². The number of hydrogen-bond acceptors (Lipinski definition) is 7. The molecule has 2 heterocycles. The van der Waals surface area contributed by atoms with Crippen molar-refractivity contribution in [1.29, 1.82) is 0 Å². The molecular weight excluding hydrogens is 508 g/mol. The van der Waals surface area contributed by atoms with Gasteiger partial charge in [0, 0.05) is 18.5 Å². The minimum atomic E-state index is -0.795. The number of hydrogen-bond donors (Lipinski definition) is 1. The Morgan fingerprint density at radius 2 is 1.85 bits per heavy atom. The Bertz CT molecular complexity index is 1160. The van der Waals surface area contributed by atoms with Crippen molar-refractivity contribution in [2.75, 3.05) is 7.11 Å². The fraction of sp³-hybridized carbons (Fsp3) is 0.548. The van der Waals surface area contributed by atoms with E-state index >= 15 is 0 Å². The van der Waals surface area contributed by atoms with Gasteiger partial charge in [-0.2, -0.15) is 0 Å². The smallest absolute Gasteiger partial charge is 0.333 e. The zero-order valence-corrected chi connectivity index (χ0v) is 24.8. The largest absolute Gasteiger partial charge is 0.467 e. The monoisotopic (exact) mass is 552 g/mol. The lowest BCUT2D eigenvalue weighted by Gasteiger charge is -2.39. The average Bonchev–Trinajstić information content (AvgIpc) is 3.52. The molecule has 0 spiro atoms. The third-order valence-corrected chi connectivity index (χ3v) is 7.16. The summed E-state index contributed by atoms with van der Waals surface area (Å²) in [5.74, 6) is -0.0683. The van der Waals surface area contributed by atoms with E-state index in [1.807, 2.05) is 76.8 Å². The van der Waals surface area contributed by atoms with Gasteiger partial charge in [-0.25, -0.2) is 4.79 Å². The van der Waals surface area contributed by atoms with Gasteiger partial charge in [0.2, 0.25) is 11.8 Å². The molecule has 0 fully saturated rings. The number of esters is 1. The molecule has 0 saturated heterocycles. The summed E-state index contributed by atoms with van der Waals surface area (Å²) in [6, 6.07) is 12.0. The molecule has 0 aliphatic carbocycles. The number of methoxy groups -OCH3 is 1. The highest BCUT2D eigenvalue weighted by Gasteiger charge is 2.48. The van der Waals surface area contributed by atoms with Gasteiger partial charge >= 0.3 is 5.97 Å². The van der Waals surface area contributed by atoms with Crippen LogP contribution in [0.5, 0.6) is 0 Å². The van der Waals surface area contributed by atoms with Crippen molar-refractivity contribution < 1.29 is 23.5 Å². The Morgan fingerprint density at radius 1 is 1.15 bits per heavy atom. The molecule has 2 amide bonds. The first-order chi connectivity index (χ1) is 18.8. The van der Waals surface area contributed by atoms with Crippen LogP contribution in [0.2, 0.25) is 0 Å². The Kier molecular flexibility index (Phi) is 10.2. The molecule has 0 saturated carbocycles. The first-order valence-corrected chi connectivity index (χ1v) is 13.9. The van der Waals surface area contributed by atoms with Gasteiger partial charge in [-0.3, -0.25) is 14.6 Å². The molecule has 1 aliphatic rings. The van der Waals surface area contributed by atoms with Crippen LogP contribution in [0.25, 0.3) is 0 Å². The lowest BCUT2D eigenvalue weighted by molar-refractivity contribution is -0.146. The molecule has 3 atom stereocenters. The number of nitrogens with zero attached hydrogens (tertiary/aromatic N) is 3. The van der Waals surface area contributed by atoms with Crippen LogP contribution in [0.1, 0.15) is 72.1 Å². The highest BCUT2D eigenvalue weighted by Crippen LogP contribution is 2.34. The van der Waals surface area contributed by atoms with Gasteiger partial charge in [-0.05, 0) is 64.2 Å². The van der Waals surface area contributed by atoms with E-state index in [1.165, 1.54) is 7.11 Å². The molecule has 9 nitrogen and oxygen atoms in total. The summed E-state index contributed by atoms with van der Waals surface area (Å²) in [7, 11) is 1.35. The fourth-order valence-corrected chi connectivity index (χ4v) is 5.03. The van der Waals surface area contributed by atoms with E-state index in [4.69, 9.17) is 9.15 Å². The summed E-state index contributed by atoms with van der Waals surface area (Å²) in [5.41, 5.74) is -0.185. The summed E-state index contributed by atoms with van der Waals surface area (Å²) in [4.78, 5) is 48.4. The number of ether oxygens (including phenoxy) is 1. The summed E-state index contributed by atoms with van der Waals surface area (Å²) in [6.45, 7) is 12.5. The van der Waals surface area contributed by atoms with Crippen molar-refractivity contribution in [2.45, 2.75) is 97.1 Å². The van der Waals surface area contributed by atoms with Gasteiger partial charge in [0.15, 0.2) is 6.04 Å². The van der Waals surface area contributed by atoms with Crippen LogP contribution in [0.3, 0.4) is 0 Å².